The first-order valence-electron chi connectivity index (χ1n) is 7.04. The van der Waals surface area contributed by atoms with Gasteiger partial charge >= 0.3 is 0 Å². The Morgan fingerprint density at radius 1 is 1.15 bits per heavy atom. The lowest BCUT2D eigenvalue weighted by molar-refractivity contribution is 0.00406. The van der Waals surface area contributed by atoms with Crippen LogP contribution in [0.5, 0.6) is 0 Å². The Morgan fingerprint density at radius 3 is 2.30 bits per heavy atom. The molecular formula is C12H26N4O3S. The molecule has 0 aromatic rings. The molecule has 0 spiro atoms. The Morgan fingerprint density at radius 2 is 1.75 bits per heavy atom. The van der Waals surface area contributed by atoms with Gasteiger partial charge in [-0.15, -0.1) is 0 Å². The SMILES string of the molecule is CN1CCN(CC2(O)CCN(S(=O)(=O)N(C)C)C2)CC1. The third kappa shape index (κ3) is 3.49. The van der Waals surface area contributed by atoms with E-state index in [1.54, 1.807) is 0 Å². The number of nitrogens with zero attached hydrogens (tertiary/aromatic N) is 4. The minimum Gasteiger partial charge on any atom is -0.387 e. The first-order chi connectivity index (χ1) is 9.23. The molecule has 2 saturated heterocycles. The Hall–Kier alpha value is -0.250. The van der Waals surface area contributed by atoms with Crippen LogP contribution in [0.3, 0.4) is 0 Å². The van der Waals surface area contributed by atoms with E-state index in [9.17, 15) is 13.5 Å². The standard InChI is InChI=1S/C12H26N4O3S/c1-13(2)20(18,19)16-5-4-12(17,11-16)10-15-8-6-14(3)7-9-15/h17H,4-11H2,1-3H3. The van der Waals surface area contributed by atoms with Crippen LogP contribution in [0.2, 0.25) is 0 Å². The van der Waals surface area contributed by atoms with Crippen molar-refractivity contribution in [1.82, 2.24) is 18.4 Å². The number of piperazine rings is 1. The van der Waals surface area contributed by atoms with Crippen molar-refractivity contribution >= 4 is 10.2 Å². The molecule has 1 atom stereocenters. The van der Waals surface area contributed by atoms with Crippen LogP contribution in [0.15, 0.2) is 0 Å². The highest BCUT2D eigenvalue weighted by molar-refractivity contribution is 7.86. The molecule has 2 aliphatic heterocycles. The number of hydrogen-bond acceptors (Lipinski definition) is 5. The first kappa shape index (κ1) is 16.1. The van der Waals surface area contributed by atoms with E-state index in [0.717, 1.165) is 26.2 Å². The van der Waals surface area contributed by atoms with E-state index < -0.39 is 15.8 Å². The van der Waals surface area contributed by atoms with Gasteiger partial charge in [-0.05, 0) is 13.5 Å². The second kappa shape index (κ2) is 5.86. The highest BCUT2D eigenvalue weighted by Crippen LogP contribution is 2.25. The van der Waals surface area contributed by atoms with Gasteiger partial charge in [0.05, 0.1) is 5.60 Å². The topological polar surface area (TPSA) is 67.3 Å². The summed E-state index contributed by atoms with van der Waals surface area (Å²) < 4.78 is 26.7. The van der Waals surface area contributed by atoms with E-state index >= 15 is 0 Å². The number of likely N-dealkylation sites (N-methyl/N-ethyl adjacent to an activating group) is 1. The smallest absolute Gasteiger partial charge is 0.281 e. The van der Waals surface area contributed by atoms with Crippen molar-refractivity contribution in [3.8, 4) is 0 Å². The lowest BCUT2D eigenvalue weighted by Gasteiger charge is -2.36. The molecule has 2 fully saturated rings. The normalized spacial score (nSPS) is 31.2. The highest BCUT2D eigenvalue weighted by atomic mass is 32.2. The fourth-order valence-electron chi connectivity index (χ4n) is 2.80. The zero-order valence-electron chi connectivity index (χ0n) is 12.6. The Balaban J connectivity index is 1.93. The van der Waals surface area contributed by atoms with Crippen LogP contribution in [0, 0.1) is 0 Å². The molecule has 0 radical (unpaired) electrons. The van der Waals surface area contributed by atoms with Crippen LogP contribution < -0.4 is 0 Å². The van der Waals surface area contributed by atoms with Gasteiger partial charge in [-0.1, -0.05) is 0 Å². The molecule has 8 heteroatoms. The molecular weight excluding hydrogens is 280 g/mol. The average Bonchev–Trinajstić information content (AvgIpc) is 2.75. The summed E-state index contributed by atoms with van der Waals surface area (Å²) in [5.41, 5.74) is -0.918. The summed E-state index contributed by atoms with van der Waals surface area (Å²) >= 11 is 0. The molecule has 0 saturated carbocycles. The third-order valence-electron chi connectivity index (χ3n) is 4.20. The fourth-order valence-corrected chi connectivity index (χ4v) is 3.99. The maximum atomic E-state index is 12.1. The maximum Gasteiger partial charge on any atom is 0.281 e. The number of β-amino-alcohol motifs (C(OH)–C–C–N with tert-alkyl or cyclic N) is 1. The van der Waals surface area contributed by atoms with E-state index in [-0.39, 0.29) is 6.54 Å². The molecule has 0 aromatic heterocycles. The maximum absolute atomic E-state index is 12.1. The minimum absolute atomic E-state index is 0.194. The van der Waals surface area contributed by atoms with Gasteiger partial charge in [0.15, 0.2) is 0 Å². The molecule has 1 N–H and O–H groups in total. The van der Waals surface area contributed by atoms with E-state index in [2.05, 4.69) is 16.8 Å². The summed E-state index contributed by atoms with van der Waals surface area (Å²) in [6.07, 6.45) is 0.506. The summed E-state index contributed by atoms with van der Waals surface area (Å²) in [6, 6.07) is 0. The fraction of sp³-hybridized carbons (Fsp3) is 1.00. The lowest BCUT2D eigenvalue weighted by atomic mass is 10.0. The summed E-state index contributed by atoms with van der Waals surface area (Å²) in [5.74, 6) is 0. The van der Waals surface area contributed by atoms with E-state index in [0.29, 0.717) is 19.5 Å². The van der Waals surface area contributed by atoms with E-state index in [1.165, 1.54) is 22.7 Å². The first-order valence-corrected chi connectivity index (χ1v) is 8.43. The van der Waals surface area contributed by atoms with Gasteiger partial charge in [0, 0.05) is 59.9 Å². The zero-order chi connectivity index (χ0) is 15.0. The molecule has 0 aliphatic carbocycles. The molecule has 1 unspecified atom stereocenters. The van der Waals surface area contributed by atoms with Crippen molar-refractivity contribution < 1.29 is 13.5 Å². The molecule has 0 amide bonds. The Bertz CT molecular complexity index is 434. The number of rotatable bonds is 4. The van der Waals surface area contributed by atoms with E-state index in [1.807, 2.05) is 0 Å². The van der Waals surface area contributed by atoms with Gasteiger partial charge < -0.3 is 10.0 Å². The number of hydrogen-bond donors (Lipinski definition) is 1. The van der Waals surface area contributed by atoms with Crippen molar-refractivity contribution in [1.29, 1.82) is 0 Å². The molecule has 2 rings (SSSR count). The molecule has 7 nitrogen and oxygen atoms in total. The van der Waals surface area contributed by atoms with Gasteiger partial charge in [0.2, 0.25) is 0 Å². The lowest BCUT2D eigenvalue weighted by Crippen LogP contribution is -2.52. The van der Waals surface area contributed by atoms with Crippen LogP contribution in [0.4, 0.5) is 0 Å². The van der Waals surface area contributed by atoms with Crippen molar-refractivity contribution in [2.45, 2.75) is 12.0 Å². The monoisotopic (exact) mass is 306 g/mol. The van der Waals surface area contributed by atoms with Crippen LogP contribution in [-0.2, 0) is 10.2 Å². The molecule has 20 heavy (non-hydrogen) atoms. The van der Waals surface area contributed by atoms with Crippen molar-refractivity contribution in [2.75, 3.05) is 67.0 Å². The van der Waals surface area contributed by atoms with Crippen LogP contribution in [-0.4, -0.2) is 104 Å². The Labute approximate surface area is 121 Å². The quantitative estimate of drug-likeness (QED) is 0.683. The third-order valence-corrected chi connectivity index (χ3v) is 6.09. The van der Waals surface area contributed by atoms with Gasteiger partial charge in [-0.2, -0.15) is 17.0 Å². The largest absolute Gasteiger partial charge is 0.387 e. The predicted molar refractivity (Wildman–Crippen MR) is 77.7 cm³/mol. The summed E-state index contributed by atoms with van der Waals surface area (Å²) in [5, 5.41) is 10.6. The van der Waals surface area contributed by atoms with Gasteiger partial charge in [-0.25, -0.2) is 0 Å². The van der Waals surface area contributed by atoms with Crippen LogP contribution in [0.25, 0.3) is 0 Å². The van der Waals surface area contributed by atoms with Crippen molar-refractivity contribution in [3.05, 3.63) is 0 Å². The number of aliphatic hydroxyl groups is 1. The van der Waals surface area contributed by atoms with E-state index in [4.69, 9.17) is 0 Å². The van der Waals surface area contributed by atoms with Gasteiger partial charge in [-0.3, -0.25) is 4.90 Å². The van der Waals surface area contributed by atoms with Crippen molar-refractivity contribution in [3.63, 3.8) is 0 Å². The zero-order valence-corrected chi connectivity index (χ0v) is 13.4. The summed E-state index contributed by atoms with van der Waals surface area (Å²) in [7, 11) is 1.71. The second-order valence-electron chi connectivity index (χ2n) is 6.18. The average molecular weight is 306 g/mol. The summed E-state index contributed by atoms with van der Waals surface area (Å²) in [6.45, 7) is 4.99. The predicted octanol–water partition coefficient (Wildman–Crippen LogP) is -1.52. The molecule has 118 valence electrons. The Kier molecular flexibility index (Phi) is 4.73. The molecule has 0 aromatic carbocycles. The van der Waals surface area contributed by atoms with Crippen LogP contribution in [0.1, 0.15) is 6.42 Å². The van der Waals surface area contributed by atoms with Crippen molar-refractivity contribution in [2.24, 2.45) is 0 Å². The minimum atomic E-state index is -3.42. The van der Waals surface area contributed by atoms with Gasteiger partial charge in [0.1, 0.15) is 0 Å². The molecule has 0 bridgehead atoms. The highest BCUT2D eigenvalue weighted by Gasteiger charge is 2.43. The van der Waals surface area contributed by atoms with Crippen LogP contribution >= 0.6 is 0 Å². The molecule has 2 heterocycles. The van der Waals surface area contributed by atoms with Gasteiger partial charge in [0.25, 0.3) is 10.2 Å². The second-order valence-corrected chi connectivity index (χ2v) is 8.32. The summed E-state index contributed by atoms with van der Waals surface area (Å²) in [4.78, 5) is 4.49. The molecule has 2 aliphatic rings.